The summed E-state index contributed by atoms with van der Waals surface area (Å²) >= 11 is 0. The van der Waals surface area contributed by atoms with Crippen LogP contribution in [0.15, 0.2) is 11.2 Å². The number of anilines is 1. The Hall–Kier alpha value is -1.69. The van der Waals surface area contributed by atoms with Crippen molar-refractivity contribution in [2.24, 2.45) is 10.9 Å². The maximum atomic E-state index is 6.22. The Morgan fingerprint density at radius 2 is 2.14 bits per heavy atom. The fourth-order valence-electron chi connectivity index (χ4n) is 3.63. The van der Waals surface area contributed by atoms with Crippen LogP contribution in [-0.4, -0.2) is 52.7 Å². The molecule has 0 saturated carbocycles. The van der Waals surface area contributed by atoms with E-state index in [9.17, 15) is 0 Å². The van der Waals surface area contributed by atoms with Crippen LogP contribution in [0.25, 0.3) is 0 Å². The van der Waals surface area contributed by atoms with Gasteiger partial charge in [-0.2, -0.15) is 0 Å². The summed E-state index contributed by atoms with van der Waals surface area (Å²) in [4.78, 5) is 15.8. The topological polar surface area (TPSA) is 62.6 Å². The van der Waals surface area contributed by atoms with Gasteiger partial charge in [-0.3, -0.25) is 10.2 Å². The molecule has 4 aliphatic rings. The SMILES string of the molecule is Cc1cnc(NC2=NC[C@@]3(CN4CCC3CC4)O2)nc1C. The summed E-state index contributed by atoms with van der Waals surface area (Å²) in [5, 5.41) is 3.13. The number of hydrogen-bond acceptors (Lipinski definition) is 6. The lowest BCUT2D eigenvalue weighted by Crippen LogP contribution is -2.61. The molecule has 112 valence electrons. The third-order valence-electron chi connectivity index (χ3n) is 5.06. The quantitative estimate of drug-likeness (QED) is 0.845. The lowest BCUT2D eigenvalue weighted by atomic mass is 9.75. The van der Waals surface area contributed by atoms with E-state index in [0.717, 1.165) is 24.3 Å². The first-order valence-corrected chi connectivity index (χ1v) is 7.68. The molecular formula is C15H21N5O. The molecule has 2 bridgehead atoms. The predicted molar refractivity (Wildman–Crippen MR) is 80.4 cm³/mol. The second-order valence-electron chi connectivity index (χ2n) is 6.43. The van der Waals surface area contributed by atoms with Gasteiger partial charge in [0, 0.05) is 24.4 Å². The van der Waals surface area contributed by atoms with Gasteiger partial charge in [0.05, 0.1) is 6.54 Å². The lowest BCUT2D eigenvalue weighted by Gasteiger charge is -2.50. The van der Waals surface area contributed by atoms with E-state index in [1.54, 1.807) is 0 Å². The van der Waals surface area contributed by atoms with E-state index in [1.165, 1.54) is 25.9 Å². The van der Waals surface area contributed by atoms with Gasteiger partial charge in [0.15, 0.2) is 0 Å². The van der Waals surface area contributed by atoms with Gasteiger partial charge in [-0.1, -0.05) is 0 Å². The molecule has 3 saturated heterocycles. The second-order valence-corrected chi connectivity index (χ2v) is 6.43. The average molecular weight is 287 g/mol. The smallest absolute Gasteiger partial charge is 0.292 e. The molecule has 1 aromatic heterocycles. The Labute approximate surface area is 124 Å². The molecule has 0 amide bonds. The molecule has 0 aliphatic carbocycles. The minimum absolute atomic E-state index is 0.113. The fraction of sp³-hybridized carbons (Fsp3) is 0.667. The second kappa shape index (κ2) is 4.66. The third-order valence-corrected chi connectivity index (χ3v) is 5.06. The molecule has 1 aromatic rings. The average Bonchev–Trinajstić information content (AvgIpc) is 2.87. The zero-order chi connectivity index (χ0) is 14.4. The van der Waals surface area contributed by atoms with Crippen LogP contribution < -0.4 is 5.32 Å². The first-order chi connectivity index (χ1) is 10.1. The van der Waals surface area contributed by atoms with E-state index in [4.69, 9.17) is 4.74 Å². The molecule has 5 heterocycles. The normalized spacial score (nSPS) is 33.9. The molecule has 1 N–H and O–H groups in total. The summed E-state index contributed by atoms with van der Waals surface area (Å²) in [6.45, 7) is 8.15. The number of rotatable bonds is 1. The van der Waals surface area contributed by atoms with Crippen molar-refractivity contribution in [2.45, 2.75) is 32.3 Å². The Bertz CT molecular complexity index is 594. The maximum absolute atomic E-state index is 6.22. The summed E-state index contributed by atoms with van der Waals surface area (Å²) in [5.74, 6) is 1.20. The molecule has 0 radical (unpaired) electrons. The minimum atomic E-state index is -0.113. The lowest BCUT2D eigenvalue weighted by molar-refractivity contribution is -0.0829. The molecule has 1 atom stereocenters. The van der Waals surface area contributed by atoms with Crippen molar-refractivity contribution in [3.05, 3.63) is 17.5 Å². The van der Waals surface area contributed by atoms with Crippen molar-refractivity contribution in [3.63, 3.8) is 0 Å². The summed E-state index contributed by atoms with van der Waals surface area (Å²) in [6.07, 6.45) is 4.27. The predicted octanol–water partition coefficient (Wildman–Crippen LogP) is 1.36. The van der Waals surface area contributed by atoms with Crippen LogP contribution in [0.1, 0.15) is 24.1 Å². The molecule has 21 heavy (non-hydrogen) atoms. The number of aromatic nitrogens is 2. The van der Waals surface area contributed by atoms with Crippen molar-refractivity contribution in [2.75, 3.05) is 31.5 Å². The molecule has 6 nitrogen and oxygen atoms in total. The number of aryl methyl sites for hydroxylation is 2. The van der Waals surface area contributed by atoms with Crippen LogP contribution in [0.5, 0.6) is 0 Å². The van der Waals surface area contributed by atoms with E-state index in [2.05, 4.69) is 25.2 Å². The van der Waals surface area contributed by atoms with Crippen LogP contribution in [0, 0.1) is 19.8 Å². The number of piperidine rings is 3. The van der Waals surface area contributed by atoms with Crippen molar-refractivity contribution in [1.82, 2.24) is 14.9 Å². The van der Waals surface area contributed by atoms with Gasteiger partial charge in [0.25, 0.3) is 6.02 Å². The van der Waals surface area contributed by atoms with Crippen LogP contribution in [0.2, 0.25) is 0 Å². The van der Waals surface area contributed by atoms with Crippen molar-refractivity contribution in [3.8, 4) is 0 Å². The van der Waals surface area contributed by atoms with Crippen molar-refractivity contribution in [1.29, 1.82) is 0 Å². The Balaban J connectivity index is 1.47. The fourth-order valence-corrected chi connectivity index (χ4v) is 3.63. The van der Waals surface area contributed by atoms with Gasteiger partial charge in [-0.15, -0.1) is 0 Å². The van der Waals surface area contributed by atoms with Gasteiger partial charge in [0.1, 0.15) is 5.60 Å². The van der Waals surface area contributed by atoms with Crippen molar-refractivity contribution >= 4 is 12.0 Å². The number of ether oxygens (including phenoxy) is 1. The number of fused-ring (bicyclic) bond motifs is 2. The van der Waals surface area contributed by atoms with Crippen LogP contribution in [-0.2, 0) is 4.74 Å². The number of hydrogen-bond donors (Lipinski definition) is 1. The third kappa shape index (κ3) is 2.18. The van der Waals surface area contributed by atoms with Crippen molar-refractivity contribution < 1.29 is 4.74 Å². The van der Waals surface area contributed by atoms with Gasteiger partial charge >= 0.3 is 0 Å². The first-order valence-electron chi connectivity index (χ1n) is 7.68. The maximum Gasteiger partial charge on any atom is 0.292 e. The van der Waals surface area contributed by atoms with E-state index in [-0.39, 0.29) is 5.60 Å². The van der Waals surface area contributed by atoms with Gasteiger partial charge in [-0.05, 0) is 45.3 Å². The zero-order valence-electron chi connectivity index (χ0n) is 12.6. The van der Waals surface area contributed by atoms with Crippen LogP contribution >= 0.6 is 0 Å². The summed E-state index contributed by atoms with van der Waals surface area (Å²) in [5.41, 5.74) is 1.95. The highest BCUT2D eigenvalue weighted by Crippen LogP contribution is 2.40. The molecule has 0 aromatic carbocycles. The summed E-state index contributed by atoms with van der Waals surface area (Å²) < 4.78 is 6.22. The highest BCUT2D eigenvalue weighted by atomic mass is 16.5. The molecular weight excluding hydrogens is 266 g/mol. The standard InChI is InChI=1S/C15H21N5O/c1-10-7-16-13(18-11(10)2)19-14-17-8-15(21-14)9-20-5-3-12(15)4-6-20/h7,12H,3-6,8-9H2,1-2H3,(H,16,17,18,19)/t15-/m0/s1. The highest BCUT2D eigenvalue weighted by molar-refractivity contribution is 5.88. The largest absolute Gasteiger partial charge is 0.455 e. The van der Waals surface area contributed by atoms with Crippen LogP contribution in [0.4, 0.5) is 5.95 Å². The molecule has 6 heteroatoms. The van der Waals surface area contributed by atoms with E-state index < -0.39 is 0 Å². The van der Waals surface area contributed by atoms with E-state index in [0.29, 0.717) is 17.9 Å². The number of amidine groups is 1. The molecule has 4 aliphatic heterocycles. The number of nitrogens with one attached hydrogen (secondary N) is 1. The first kappa shape index (κ1) is 13.0. The Morgan fingerprint density at radius 1 is 1.33 bits per heavy atom. The highest BCUT2D eigenvalue weighted by Gasteiger charge is 2.51. The van der Waals surface area contributed by atoms with Crippen LogP contribution in [0.3, 0.4) is 0 Å². The molecule has 3 fully saturated rings. The summed E-state index contributed by atoms with van der Waals surface area (Å²) in [6, 6.07) is 0.576. The Kier molecular flexibility index (Phi) is 2.89. The number of nitrogens with zero attached hydrogens (tertiary/aromatic N) is 4. The summed E-state index contributed by atoms with van der Waals surface area (Å²) in [7, 11) is 0. The molecule has 1 spiro atoms. The molecule has 0 unspecified atom stereocenters. The number of aliphatic imine (C=N–C) groups is 1. The van der Waals surface area contributed by atoms with E-state index in [1.807, 2.05) is 20.0 Å². The van der Waals surface area contributed by atoms with Gasteiger partial charge in [-0.25, -0.2) is 15.0 Å². The van der Waals surface area contributed by atoms with Gasteiger partial charge < -0.3 is 4.74 Å². The zero-order valence-corrected chi connectivity index (χ0v) is 12.6. The monoisotopic (exact) mass is 287 g/mol. The molecule has 5 rings (SSSR count). The minimum Gasteiger partial charge on any atom is -0.455 e. The van der Waals surface area contributed by atoms with Gasteiger partial charge in [0.2, 0.25) is 5.95 Å². The Morgan fingerprint density at radius 3 is 2.81 bits per heavy atom. The van der Waals surface area contributed by atoms with E-state index >= 15 is 0 Å².